The molecule has 0 spiro atoms. The van der Waals surface area contributed by atoms with Gasteiger partial charge in [-0.15, -0.1) is 0 Å². The van der Waals surface area contributed by atoms with Crippen molar-refractivity contribution in [1.82, 2.24) is 19.8 Å². The van der Waals surface area contributed by atoms with Crippen LogP contribution in [0.25, 0.3) is 0 Å². The molecule has 35 heavy (non-hydrogen) atoms. The van der Waals surface area contributed by atoms with Crippen molar-refractivity contribution < 1.29 is 9.59 Å². The molecule has 2 aromatic rings. The molecule has 0 saturated heterocycles. The number of amides is 2. The summed E-state index contributed by atoms with van der Waals surface area (Å²) in [5.41, 5.74) is 2.87. The lowest BCUT2D eigenvalue weighted by Gasteiger charge is -2.30. The van der Waals surface area contributed by atoms with Gasteiger partial charge in [-0.25, -0.2) is 9.97 Å². The second-order valence-corrected chi connectivity index (χ2v) is 10.5. The predicted octanol–water partition coefficient (Wildman–Crippen LogP) is 4.88. The van der Waals surface area contributed by atoms with Gasteiger partial charge in [-0.1, -0.05) is 31.5 Å². The minimum atomic E-state index is -0.105. The van der Waals surface area contributed by atoms with Crippen molar-refractivity contribution in [3.05, 3.63) is 52.1 Å². The largest absolute Gasteiger partial charge is 0.333 e. The molecule has 8 heteroatoms. The van der Waals surface area contributed by atoms with E-state index in [1.165, 1.54) is 0 Å². The van der Waals surface area contributed by atoms with Gasteiger partial charge in [0, 0.05) is 56.4 Å². The van der Waals surface area contributed by atoms with Gasteiger partial charge < -0.3 is 9.80 Å². The van der Waals surface area contributed by atoms with E-state index in [2.05, 4.69) is 42.6 Å². The number of carbonyl (C=O) groups excluding carboxylic acids is 2. The first-order valence-electron chi connectivity index (χ1n) is 12.5. The van der Waals surface area contributed by atoms with Gasteiger partial charge >= 0.3 is 0 Å². The first-order valence-corrected chi connectivity index (χ1v) is 12.9. The lowest BCUT2D eigenvalue weighted by atomic mass is 10.1. The maximum absolute atomic E-state index is 13.7. The van der Waals surface area contributed by atoms with E-state index in [9.17, 15) is 9.59 Å². The standard InChI is InChI=1S/C27H38ClN5O2/c1-18(2)14-26(34)33-11-7-10-31(19(3)4)12-13-32(17-22-8-9-23(28)15-25(22)33)27(35)24-16-29-21(6)30-20(24)5/h8-9,15-16,18-19H,7,10-14,17H2,1-6H3. The Morgan fingerprint density at radius 3 is 2.46 bits per heavy atom. The first-order chi connectivity index (χ1) is 16.6. The topological polar surface area (TPSA) is 69.6 Å². The first kappa shape index (κ1) is 27.1. The summed E-state index contributed by atoms with van der Waals surface area (Å²) in [5.74, 6) is 0.866. The number of anilines is 1. The van der Waals surface area contributed by atoms with Gasteiger partial charge in [0.1, 0.15) is 5.82 Å². The van der Waals surface area contributed by atoms with E-state index in [0.717, 1.165) is 30.8 Å². The fourth-order valence-corrected chi connectivity index (χ4v) is 4.66. The maximum atomic E-state index is 13.7. The average molecular weight is 500 g/mol. The number of fused-ring (bicyclic) bond motifs is 1. The van der Waals surface area contributed by atoms with Gasteiger partial charge in [-0.3, -0.25) is 14.5 Å². The van der Waals surface area contributed by atoms with Crippen LogP contribution in [0.5, 0.6) is 0 Å². The van der Waals surface area contributed by atoms with Crippen LogP contribution in [0.1, 0.15) is 68.0 Å². The molecule has 190 valence electrons. The highest BCUT2D eigenvalue weighted by atomic mass is 35.5. The Hall–Kier alpha value is -2.51. The van der Waals surface area contributed by atoms with E-state index >= 15 is 0 Å². The SMILES string of the molecule is Cc1ncc(C(=O)N2CCN(C(C)C)CCCN(C(=O)CC(C)C)c3cc(Cl)ccc3C2)c(C)n1. The Balaban J connectivity index is 2.05. The highest BCUT2D eigenvalue weighted by Gasteiger charge is 2.26. The van der Waals surface area contributed by atoms with Crippen LogP contribution in [0, 0.1) is 19.8 Å². The van der Waals surface area contributed by atoms with Gasteiger partial charge in [0.2, 0.25) is 5.91 Å². The van der Waals surface area contributed by atoms with Gasteiger partial charge in [0.15, 0.2) is 0 Å². The quantitative estimate of drug-likeness (QED) is 0.599. The summed E-state index contributed by atoms with van der Waals surface area (Å²) in [6, 6.07) is 5.95. The van der Waals surface area contributed by atoms with Crippen LogP contribution < -0.4 is 4.90 Å². The van der Waals surface area contributed by atoms with Crippen molar-refractivity contribution in [2.24, 2.45) is 5.92 Å². The second-order valence-electron chi connectivity index (χ2n) is 10.0. The van der Waals surface area contributed by atoms with Crippen LogP contribution in [-0.2, 0) is 11.3 Å². The Labute approximate surface area is 214 Å². The second kappa shape index (κ2) is 12.0. The maximum Gasteiger partial charge on any atom is 0.257 e. The molecule has 2 heterocycles. The Kier molecular flexibility index (Phi) is 9.25. The summed E-state index contributed by atoms with van der Waals surface area (Å²) in [7, 11) is 0. The van der Waals surface area contributed by atoms with Crippen LogP contribution in [-0.4, -0.2) is 63.8 Å². The number of benzene rings is 1. The molecule has 2 amide bonds. The number of halogens is 1. The number of hydrogen-bond acceptors (Lipinski definition) is 5. The fraction of sp³-hybridized carbons (Fsp3) is 0.556. The number of aryl methyl sites for hydroxylation is 2. The third-order valence-electron chi connectivity index (χ3n) is 6.42. The number of aromatic nitrogens is 2. The van der Waals surface area contributed by atoms with Crippen molar-refractivity contribution in [3.8, 4) is 0 Å². The lowest BCUT2D eigenvalue weighted by Crippen LogP contribution is -2.41. The zero-order chi connectivity index (χ0) is 25.7. The number of carbonyl (C=O) groups is 2. The van der Waals surface area contributed by atoms with E-state index in [1.54, 1.807) is 6.20 Å². The van der Waals surface area contributed by atoms with Gasteiger partial charge in [-0.2, -0.15) is 0 Å². The van der Waals surface area contributed by atoms with E-state index in [1.807, 2.05) is 41.8 Å². The molecule has 0 atom stereocenters. The molecule has 7 nitrogen and oxygen atoms in total. The zero-order valence-electron chi connectivity index (χ0n) is 21.8. The summed E-state index contributed by atoms with van der Waals surface area (Å²) in [6.07, 6.45) is 2.92. The molecule has 0 N–H and O–H groups in total. The Bertz CT molecular complexity index is 1060. The zero-order valence-corrected chi connectivity index (χ0v) is 22.6. The van der Waals surface area contributed by atoms with Crippen molar-refractivity contribution in [2.45, 2.75) is 67.0 Å². The third kappa shape index (κ3) is 7.01. The number of rotatable bonds is 4. The third-order valence-corrected chi connectivity index (χ3v) is 6.65. The molecule has 0 fully saturated rings. The molecule has 1 aliphatic rings. The minimum Gasteiger partial charge on any atom is -0.333 e. The van der Waals surface area contributed by atoms with Crippen LogP contribution in [0.2, 0.25) is 5.02 Å². The summed E-state index contributed by atoms with van der Waals surface area (Å²) < 4.78 is 0. The molecule has 1 aromatic carbocycles. The fourth-order valence-electron chi connectivity index (χ4n) is 4.49. The number of hydrogen-bond donors (Lipinski definition) is 0. The lowest BCUT2D eigenvalue weighted by molar-refractivity contribution is -0.119. The monoisotopic (exact) mass is 499 g/mol. The molecule has 0 unspecified atom stereocenters. The van der Waals surface area contributed by atoms with Crippen LogP contribution in [0.4, 0.5) is 5.69 Å². The molecular formula is C27H38ClN5O2. The van der Waals surface area contributed by atoms with Gasteiger partial charge in [0.25, 0.3) is 5.91 Å². The molecule has 1 aliphatic heterocycles. The smallest absolute Gasteiger partial charge is 0.257 e. The van der Waals surface area contributed by atoms with Gasteiger partial charge in [0.05, 0.1) is 16.9 Å². The highest BCUT2D eigenvalue weighted by Crippen LogP contribution is 2.29. The van der Waals surface area contributed by atoms with Crippen LogP contribution in [0.15, 0.2) is 24.4 Å². The average Bonchev–Trinajstić information content (AvgIpc) is 2.80. The molecule has 1 aromatic heterocycles. The van der Waals surface area contributed by atoms with Gasteiger partial charge in [-0.05, 0) is 57.7 Å². The Morgan fingerprint density at radius 2 is 1.80 bits per heavy atom. The van der Waals surface area contributed by atoms with E-state index < -0.39 is 0 Å². The molecule has 0 aliphatic carbocycles. The van der Waals surface area contributed by atoms with Crippen LogP contribution in [0.3, 0.4) is 0 Å². The molecule has 0 radical (unpaired) electrons. The summed E-state index contributed by atoms with van der Waals surface area (Å²) in [4.78, 5) is 41.8. The van der Waals surface area contributed by atoms with Crippen molar-refractivity contribution in [2.75, 3.05) is 31.1 Å². The van der Waals surface area contributed by atoms with E-state index in [0.29, 0.717) is 54.2 Å². The normalized spacial score (nSPS) is 15.8. The van der Waals surface area contributed by atoms with E-state index in [4.69, 9.17) is 11.6 Å². The molecule has 0 bridgehead atoms. The summed E-state index contributed by atoms with van der Waals surface area (Å²) >= 11 is 6.40. The molecule has 3 rings (SSSR count). The summed E-state index contributed by atoms with van der Waals surface area (Å²) in [6.45, 7) is 15.2. The summed E-state index contributed by atoms with van der Waals surface area (Å²) in [5, 5.41) is 0.574. The van der Waals surface area contributed by atoms with Crippen LogP contribution >= 0.6 is 11.6 Å². The molecular weight excluding hydrogens is 462 g/mol. The number of nitrogens with zero attached hydrogens (tertiary/aromatic N) is 5. The van der Waals surface area contributed by atoms with Crippen molar-refractivity contribution in [3.63, 3.8) is 0 Å². The molecule has 0 saturated carbocycles. The minimum absolute atomic E-state index is 0.0829. The predicted molar refractivity (Wildman–Crippen MR) is 141 cm³/mol. The highest BCUT2D eigenvalue weighted by molar-refractivity contribution is 6.31. The Morgan fingerprint density at radius 1 is 1.06 bits per heavy atom. The van der Waals surface area contributed by atoms with E-state index in [-0.39, 0.29) is 17.7 Å². The van der Waals surface area contributed by atoms with Crippen molar-refractivity contribution >= 4 is 29.1 Å². The van der Waals surface area contributed by atoms with Crippen molar-refractivity contribution in [1.29, 1.82) is 0 Å².